The van der Waals surface area contributed by atoms with Crippen molar-refractivity contribution in [1.29, 1.82) is 0 Å². The first-order chi connectivity index (χ1) is 8.24. The molecule has 0 saturated heterocycles. The van der Waals surface area contributed by atoms with Gasteiger partial charge in [0.15, 0.2) is 0 Å². The minimum atomic E-state index is -0.386. The summed E-state index contributed by atoms with van der Waals surface area (Å²) in [5.74, 6) is -0.386. The highest BCUT2D eigenvalue weighted by Crippen LogP contribution is 2.04. The predicted molar refractivity (Wildman–Crippen MR) is 67.8 cm³/mol. The molecule has 0 fully saturated rings. The summed E-state index contributed by atoms with van der Waals surface area (Å²) >= 11 is 0. The van der Waals surface area contributed by atoms with Gasteiger partial charge in [-0.1, -0.05) is 12.1 Å². The summed E-state index contributed by atoms with van der Waals surface area (Å²) in [6.45, 7) is 5.18. The molecule has 94 valence electrons. The largest absolute Gasteiger partial charge is 0.382 e. The molecule has 1 rings (SSSR count). The number of carbonyl (C=O) groups is 1. The van der Waals surface area contributed by atoms with E-state index in [1.54, 1.807) is 6.07 Å². The van der Waals surface area contributed by atoms with Crippen LogP contribution in [0.15, 0.2) is 24.3 Å². The van der Waals surface area contributed by atoms with Crippen LogP contribution in [0.5, 0.6) is 0 Å². The van der Waals surface area contributed by atoms with Crippen LogP contribution in [-0.4, -0.2) is 25.7 Å². The number of hydrogen-bond acceptors (Lipinski definition) is 3. The maximum absolute atomic E-state index is 11.0. The number of amides is 1. The fraction of sp³-hybridized carbons (Fsp3) is 0.462. The summed E-state index contributed by atoms with van der Waals surface area (Å²) in [6, 6.07) is 7.36. The van der Waals surface area contributed by atoms with Gasteiger partial charge in [-0.2, -0.15) is 0 Å². The van der Waals surface area contributed by atoms with Crippen LogP contribution in [0.2, 0.25) is 0 Å². The third-order valence-corrected chi connectivity index (χ3v) is 2.39. The maximum Gasteiger partial charge on any atom is 0.248 e. The highest BCUT2D eigenvalue weighted by atomic mass is 16.5. The Morgan fingerprint density at radius 2 is 2.29 bits per heavy atom. The summed E-state index contributed by atoms with van der Waals surface area (Å²) in [5, 5.41) is 3.29. The molecule has 0 heterocycles. The van der Waals surface area contributed by atoms with E-state index in [9.17, 15) is 4.79 Å². The third-order valence-electron chi connectivity index (χ3n) is 2.39. The van der Waals surface area contributed by atoms with Gasteiger partial charge in [0.2, 0.25) is 5.91 Å². The zero-order chi connectivity index (χ0) is 12.5. The van der Waals surface area contributed by atoms with Crippen molar-refractivity contribution in [3.8, 4) is 0 Å². The van der Waals surface area contributed by atoms with Crippen molar-refractivity contribution in [2.45, 2.75) is 19.9 Å². The Labute approximate surface area is 102 Å². The van der Waals surface area contributed by atoms with E-state index in [1.807, 2.05) is 25.1 Å². The topological polar surface area (TPSA) is 64.3 Å². The van der Waals surface area contributed by atoms with Gasteiger partial charge >= 0.3 is 0 Å². The fourth-order valence-electron chi connectivity index (χ4n) is 1.51. The van der Waals surface area contributed by atoms with Gasteiger partial charge in [-0.15, -0.1) is 0 Å². The SMILES string of the molecule is CCOCCCNCc1cccc(C(N)=O)c1. The number of nitrogens with one attached hydrogen (secondary N) is 1. The second-order valence-corrected chi connectivity index (χ2v) is 3.79. The van der Waals surface area contributed by atoms with Gasteiger partial charge in [-0.3, -0.25) is 4.79 Å². The molecule has 0 unspecified atom stereocenters. The van der Waals surface area contributed by atoms with E-state index in [2.05, 4.69) is 5.32 Å². The van der Waals surface area contributed by atoms with E-state index in [4.69, 9.17) is 10.5 Å². The first-order valence-corrected chi connectivity index (χ1v) is 5.91. The molecule has 1 amide bonds. The highest BCUT2D eigenvalue weighted by Gasteiger charge is 2.00. The number of carbonyl (C=O) groups excluding carboxylic acids is 1. The molecule has 4 nitrogen and oxygen atoms in total. The number of hydrogen-bond donors (Lipinski definition) is 2. The number of rotatable bonds is 8. The molecular formula is C13H20N2O2. The van der Waals surface area contributed by atoms with Gasteiger partial charge in [0.1, 0.15) is 0 Å². The Morgan fingerprint density at radius 3 is 3.00 bits per heavy atom. The van der Waals surface area contributed by atoms with E-state index in [0.717, 1.165) is 38.3 Å². The molecule has 3 N–H and O–H groups in total. The Kier molecular flexibility index (Phi) is 6.29. The Balaban J connectivity index is 2.27. The lowest BCUT2D eigenvalue weighted by Crippen LogP contribution is -2.17. The van der Waals surface area contributed by atoms with Gasteiger partial charge in [0.25, 0.3) is 0 Å². The molecule has 1 aromatic rings. The highest BCUT2D eigenvalue weighted by molar-refractivity contribution is 5.92. The molecular weight excluding hydrogens is 216 g/mol. The lowest BCUT2D eigenvalue weighted by molar-refractivity contribution is 0.1000. The summed E-state index contributed by atoms with van der Waals surface area (Å²) in [4.78, 5) is 11.0. The van der Waals surface area contributed by atoms with E-state index in [1.165, 1.54) is 0 Å². The molecule has 0 bridgehead atoms. The van der Waals surface area contributed by atoms with Crippen LogP contribution in [0.4, 0.5) is 0 Å². The number of nitrogens with two attached hydrogens (primary N) is 1. The van der Waals surface area contributed by atoms with Crippen molar-refractivity contribution < 1.29 is 9.53 Å². The van der Waals surface area contributed by atoms with Crippen molar-refractivity contribution >= 4 is 5.91 Å². The number of primary amides is 1. The molecule has 0 aromatic heterocycles. The smallest absolute Gasteiger partial charge is 0.248 e. The second kappa shape index (κ2) is 7.81. The van der Waals surface area contributed by atoms with E-state index >= 15 is 0 Å². The third kappa shape index (κ3) is 5.47. The lowest BCUT2D eigenvalue weighted by atomic mass is 10.1. The summed E-state index contributed by atoms with van der Waals surface area (Å²) < 4.78 is 5.24. The van der Waals surface area contributed by atoms with Crippen LogP contribution in [0.25, 0.3) is 0 Å². The van der Waals surface area contributed by atoms with Crippen molar-refractivity contribution in [3.63, 3.8) is 0 Å². The Bertz CT molecular complexity index is 353. The maximum atomic E-state index is 11.0. The first-order valence-electron chi connectivity index (χ1n) is 5.91. The zero-order valence-electron chi connectivity index (χ0n) is 10.2. The van der Waals surface area contributed by atoms with Gasteiger partial charge in [0, 0.05) is 25.3 Å². The standard InChI is InChI=1S/C13H20N2O2/c1-2-17-8-4-7-15-10-11-5-3-6-12(9-11)13(14)16/h3,5-6,9,15H,2,4,7-8,10H2,1H3,(H2,14,16). The Morgan fingerprint density at radius 1 is 1.47 bits per heavy atom. The average molecular weight is 236 g/mol. The second-order valence-electron chi connectivity index (χ2n) is 3.79. The molecule has 0 atom stereocenters. The van der Waals surface area contributed by atoms with Crippen LogP contribution in [0.1, 0.15) is 29.3 Å². The zero-order valence-corrected chi connectivity index (χ0v) is 10.2. The monoisotopic (exact) mass is 236 g/mol. The summed E-state index contributed by atoms with van der Waals surface area (Å²) in [5.41, 5.74) is 6.84. The molecule has 17 heavy (non-hydrogen) atoms. The van der Waals surface area contributed by atoms with Gasteiger partial charge < -0.3 is 15.8 Å². The molecule has 1 aromatic carbocycles. The quantitative estimate of drug-likeness (QED) is 0.669. The summed E-state index contributed by atoms with van der Waals surface area (Å²) in [6.07, 6.45) is 0.989. The van der Waals surface area contributed by atoms with Crippen molar-refractivity contribution in [2.24, 2.45) is 5.73 Å². The van der Waals surface area contributed by atoms with Gasteiger partial charge in [-0.05, 0) is 37.6 Å². The van der Waals surface area contributed by atoms with Crippen molar-refractivity contribution in [2.75, 3.05) is 19.8 Å². The fourth-order valence-corrected chi connectivity index (χ4v) is 1.51. The molecule has 0 aliphatic carbocycles. The molecule has 0 spiro atoms. The predicted octanol–water partition coefficient (Wildman–Crippen LogP) is 1.30. The van der Waals surface area contributed by atoms with E-state index in [-0.39, 0.29) is 5.91 Å². The average Bonchev–Trinajstić information content (AvgIpc) is 2.34. The normalized spacial score (nSPS) is 10.4. The minimum absolute atomic E-state index is 0.386. The first kappa shape index (κ1) is 13.7. The van der Waals surface area contributed by atoms with Crippen molar-refractivity contribution in [1.82, 2.24) is 5.32 Å². The number of ether oxygens (including phenoxy) is 1. The minimum Gasteiger partial charge on any atom is -0.382 e. The molecule has 0 saturated carbocycles. The lowest BCUT2D eigenvalue weighted by Gasteiger charge is -2.06. The van der Waals surface area contributed by atoms with Crippen LogP contribution < -0.4 is 11.1 Å². The Hall–Kier alpha value is -1.39. The van der Waals surface area contributed by atoms with Crippen LogP contribution in [0, 0.1) is 0 Å². The van der Waals surface area contributed by atoms with Crippen molar-refractivity contribution in [3.05, 3.63) is 35.4 Å². The molecule has 0 aliphatic heterocycles. The van der Waals surface area contributed by atoms with E-state index in [0.29, 0.717) is 5.56 Å². The number of benzene rings is 1. The van der Waals surface area contributed by atoms with Crippen LogP contribution >= 0.6 is 0 Å². The molecule has 0 radical (unpaired) electrons. The van der Waals surface area contributed by atoms with Gasteiger partial charge in [0.05, 0.1) is 0 Å². The molecule has 0 aliphatic rings. The van der Waals surface area contributed by atoms with Gasteiger partial charge in [-0.25, -0.2) is 0 Å². The summed E-state index contributed by atoms with van der Waals surface area (Å²) in [7, 11) is 0. The van der Waals surface area contributed by atoms with Crippen LogP contribution in [0.3, 0.4) is 0 Å². The molecule has 4 heteroatoms. The van der Waals surface area contributed by atoms with E-state index < -0.39 is 0 Å². The van der Waals surface area contributed by atoms with Crippen LogP contribution in [-0.2, 0) is 11.3 Å².